The smallest absolute Gasteiger partial charge is 0.140 e. The molecule has 0 aliphatic carbocycles. The maximum Gasteiger partial charge on any atom is 0.140 e. The third kappa shape index (κ3) is 4.35. The van der Waals surface area contributed by atoms with E-state index in [1.165, 1.54) is 0 Å². The summed E-state index contributed by atoms with van der Waals surface area (Å²) in [6.45, 7) is 6.13. The van der Waals surface area contributed by atoms with Crippen LogP contribution in [-0.2, 0) is 33.6 Å². The number of rotatable bonds is 3. The van der Waals surface area contributed by atoms with Crippen LogP contribution in [0.3, 0.4) is 0 Å². The minimum atomic E-state index is 0. The molecule has 4 heteroatoms. The summed E-state index contributed by atoms with van der Waals surface area (Å²) in [5, 5.41) is 4.36. The maximum atomic E-state index is 4.49. The van der Waals surface area contributed by atoms with Crippen molar-refractivity contribution in [3.05, 3.63) is 36.2 Å². The fourth-order valence-corrected chi connectivity index (χ4v) is 1.53. The molecule has 1 aromatic heterocycles. The number of hydrogen-bond acceptors (Lipinski definition) is 2. The molecule has 0 aliphatic heterocycles. The fraction of sp³-hybridized carbons (Fsp3) is 0.429. The Balaban J connectivity index is 0.000000917. The van der Waals surface area contributed by atoms with Crippen molar-refractivity contribution in [3.8, 4) is 11.4 Å². The van der Waals surface area contributed by atoms with Crippen LogP contribution in [0.15, 0.2) is 24.3 Å². The number of nitrogens with zero attached hydrogens (tertiary/aromatic N) is 3. The van der Waals surface area contributed by atoms with Crippen molar-refractivity contribution in [2.24, 2.45) is 7.05 Å². The Kier molecular flexibility index (Phi) is 8.51. The van der Waals surface area contributed by atoms with Gasteiger partial charge in [-0.2, -0.15) is 5.10 Å². The Labute approximate surface area is 123 Å². The van der Waals surface area contributed by atoms with Crippen LogP contribution in [-0.4, -0.2) is 14.8 Å². The number of hydrogen-bond donors (Lipinski definition) is 0. The second-order valence-electron chi connectivity index (χ2n) is 3.50. The molecule has 18 heavy (non-hydrogen) atoms. The van der Waals surface area contributed by atoms with Gasteiger partial charge in [0, 0.05) is 33.6 Å². The van der Waals surface area contributed by atoms with Crippen LogP contribution in [0.5, 0.6) is 0 Å². The van der Waals surface area contributed by atoms with Gasteiger partial charge in [-0.15, -0.1) is 35.9 Å². The molecule has 2 aromatic rings. The van der Waals surface area contributed by atoms with Crippen LogP contribution < -0.4 is 0 Å². The Morgan fingerprint density at radius 3 is 2.56 bits per heavy atom. The van der Waals surface area contributed by atoms with Crippen molar-refractivity contribution in [2.45, 2.75) is 33.6 Å². The van der Waals surface area contributed by atoms with Crippen molar-refractivity contribution < 1.29 is 20.1 Å². The molecule has 0 aliphatic rings. The van der Waals surface area contributed by atoms with Gasteiger partial charge in [-0.1, -0.05) is 20.8 Å². The first kappa shape index (κ1) is 17.0. The van der Waals surface area contributed by atoms with Crippen LogP contribution >= 0.6 is 0 Å². The van der Waals surface area contributed by atoms with Crippen molar-refractivity contribution >= 4 is 0 Å². The molecule has 0 saturated heterocycles. The zero-order chi connectivity index (χ0) is 12.7. The average Bonchev–Trinajstić information content (AvgIpc) is 2.74. The Hall–Kier alpha value is -0.991. The van der Waals surface area contributed by atoms with Crippen LogP contribution in [0.2, 0.25) is 0 Å². The van der Waals surface area contributed by atoms with Crippen LogP contribution in [0.25, 0.3) is 11.4 Å². The summed E-state index contributed by atoms with van der Waals surface area (Å²) in [6, 6.07) is 11.0. The van der Waals surface area contributed by atoms with Gasteiger partial charge in [0.15, 0.2) is 0 Å². The first-order valence-corrected chi connectivity index (χ1v) is 6.18. The first-order chi connectivity index (χ1) is 8.31. The van der Waals surface area contributed by atoms with E-state index in [-0.39, 0.29) is 20.1 Å². The van der Waals surface area contributed by atoms with E-state index in [0.29, 0.717) is 0 Å². The molecule has 1 radical (unpaired) electrons. The Morgan fingerprint density at radius 2 is 2.00 bits per heavy atom. The summed E-state index contributed by atoms with van der Waals surface area (Å²) in [7, 11) is 1.92. The molecule has 0 unspecified atom stereocenters. The molecule has 0 atom stereocenters. The van der Waals surface area contributed by atoms with E-state index in [1.807, 2.05) is 49.8 Å². The van der Waals surface area contributed by atoms with Crippen LogP contribution in [0, 0.1) is 6.07 Å². The van der Waals surface area contributed by atoms with E-state index in [4.69, 9.17) is 0 Å². The predicted molar refractivity (Wildman–Crippen MR) is 70.6 cm³/mol. The number of aryl methyl sites for hydroxylation is 2. The fourth-order valence-electron chi connectivity index (χ4n) is 1.53. The third-order valence-electron chi connectivity index (χ3n) is 2.23. The summed E-state index contributed by atoms with van der Waals surface area (Å²) >= 11 is 0. The predicted octanol–water partition coefficient (Wildman–Crippen LogP) is 3.26. The molecule has 1 heterocycles. The summed E-state index contributed by atoms with van der Waals surface area (Å²) in [5.74, 6) is 1.80. The molecule has 0 spiro atoms. The molecule has 2 rings (SSSR count). The van der Waals surface area contributed by atoms with Crippen molar-refractivity contribution in [2.75, 3.05) is 0 Å². The number of aromatic nitrogens is 3. The van der Waals surface area contributed by atoms with E-state index in [0.717, 1.165) is 30.1 Å². The summed E-state index contributed by atoms with van der Waals surface area (Å²) in [4.78, 5) is 4.49. The zero-order valence-corrected chi connectivity index (χ0v) is 13.8. The average molecular weight is 423 g/mol. The molecule has 0 bridgehead atoms. The third-order valence-corrected chi connectivity index (χ3v) is 2.23. The van der Waals surface area contributed by atoms with Gasteiger partial charge < -0.3 is 0 Å². The second-order valence-corrected chi connectivity index (χ2v) is 3.50. The van der Waals surface area contributed by atoms with Gasteiger partial charge in [0.05, 0.1) is 5.82 Å². The molecule has 0 saturated carbocycles. The Morgan fingerprint density at radius 1 is 1.28 bits per heavy atom. The van der Waals surface area contributed by atoms with E-state index in [2.05, 4.69) is 23.1 Å². The topological polar surface area (TPSA) is 30.7 Å². The molecule has 0 amide bonds. The quantitative estimate of drug-likeness (QED) is 0.711. The zero-order valence-electron chi connectivity index (χ0n) is 11.4. The maximum absolute atomic E-state index is 4.49. The first-order valence-electron chi connectivity index (χ1n) is 6.18. The second kappa shape index (κ2) is 9.01. The molecule has 0 N–H and O–H groups in total. The standard InChI is InChI=1S/C12H14N3.C2H6.Ir/c1-3-7-11-13-12(15(2)14-11)10-8-5-4-6-9-10;1-2;/h4-6,8H,3,7H2,1-2H3;1-2H3;/q-1;;. The van der Waals surface area contributed by atoms with Crippen LogP contribution in [0.4, 0.5) is 0 Å². The van der Waals surface area contributed by atoms with Crippen molar-refractivity contribution in [1.82, 2.24) is 14.8 Å². The van der Waals surface area contributed by atoms with Crippen molar-refractivity contribution in [1.29, 1.82) is 0 Å². The molecular formula is C14H20IrN3-. The van der Waals surface area contributed by atoms with Crippen LogP contribution in [0.1, 0.15) is 33.0 Å². The summed E-state index contributed by atoms with van der Waals surface area (Å²) < 4.78 is 1.82. The van der Waals surface area contributed by atoms with Crippen molar-refractivity contribution in [3.63, 3.8) is 0 Å². The van der Waals surface area contributed by atoms with Gasteiger partial charge in [-0.25, -0.2) is 0 Å². The van der Waals surface area contributed by atoms with Gasteiger partial charge in [0.2, 0.25) is 0 Å². The monoisotopic (exact) mass is 423 g/mol. The van der Waals surface area contributed by atoms with E-state index >= 15 is 0 Å². The largest absolute Gasteiger partial charge is 0.289 e. The van der Waals surface area contributed by atoms with Gasteiger partial charge in [0.1, 0.15) is 5.82 Å². The summed E-state index contributed by atoms with van der Waals surface area (Å²) in [5.41, 5.74) is 0.995. The SMILES string of the molecule is CC.CCCc1nc(-c2[c-]cccc2)n(C)n1.[Ir]. The summed E-state index contributed by atoms with van der Waals surface area (Å²) in [6.07, 6.45) is 2.00. The van der Waals surface area contributed by atoms with E-state index in [9.17, 15) is 0 Å². The molecule has 101 valence electrons. The number of benzene rings is 1. The minimum absolute atomic E-state index is 0. The minimum Gasteiger partial charge on any atom is -0.289 e. The normalized spacial score (nSPS) is 9.11. The molecule has 0 fully saturated rings. The van der Waals surface area contributed by atoms with Gasteiger partial charge in [0.25, 0.3) is 0 Å². The molecular weight excluding hydrogens is 402 g/mol. The van der Waals surface area contributed by atoms with Gasteiger partial charge in [-0.3, -0.25) is 9.67 Å². The Bertz CT molecular complexity index is 438. The van der Waals surface area contributed by atoms with Gasteiger partial charge in [-0.05, 0) is 6.42 Å². The van der Waals surface area contributed by atoms with E-state index in [1.54, 1.807) is 0 Å². The van der Waals surface area contributed by atoms with Gasteiger partial charge >= 0.3 is 0 Å². The molecule has 1 aromatic carbocycles. The molecule has 3 nitrogen and oxygen atoms in total. The van der Waals surface area contributed by atoms with E-state index < -0.39 is 0 Å².